The average Bonchev–Trinajstić information content (AvgIpc) is 2.87. The third kappa shape index (κ3) is 2.15. The molecule has 0 unspecified atom stereocenters. The van der Waals surface area contributed by atoms with Gasteiger partial charge in [-0.1, -0.05) is 22.7 Å². The van der Waals surface area contributed by atoms with Gasteiger partial charge in [0.2, 0.25) is 0 Å². The first-order valence-electron chi connectivity index (χ1n) is 5.08. The number of hydrogen-bond acceptors (Lipinski definition) is 4. The second-order valence-corrected chi connectivity index (χ2v) is 5.94. The molecule has 3 rings (SSSR count). The van der Waals surface area contributed by atoms with Gasteiger partial charge in [0.1, 0.15) is 17.0 Å². The molecule has 0 aliphatic heterocycles. The van der Waals surface area contributed by atoms with Gasteiger partial charge in [0.15, 0.2) is 0 Å². The molecule has 0 fully saturated rings. The number of benzene rings is 2. The molecule has 18 heavy (non-hydrogen) atoms. The number of para-hydroxylation sites is 1. The number of halogens is 2. The van der Waals surface area contributed by atoms with Crippen molar-refractivity contribution in [1.82, 2.24) is 9.59 Å². The molecule has 0 bridgehead atoms. The molecular weight excluding hydrogens is 380 g/mol. The lowest BCUT2D eigenvalue weighted by molar-refractivity contribution is 0.480. The summed E-state index contributed by atoms with van der Waals surface area (Å²) in [6.07, 6.45) is 0. The molecule has 0 spiro atoms. The Morgan fingerprint density at radius 3 is 2.67 bits per heavy atom. The fraction of sp³-hybridized carbons (Fsp3) is 0. The molecule has 0 saturated heterocycles. The minimum atomic E-state index is 0.716. The molecule has 0 amide bonds. The second-order valence-electron chi connectivity index (χ2n) is 3.54. The van der Waals surface area contributed by atoms with Crippen molar-refractivity contribution in [3.63, 3.8) is 0 Å². The van der Waals surface area contributed by atoms with Crippen molar-refractivity contribution in [2.75, 3.05) is 0 Å². The third-order valence-electron chi connectivity index (χ3n) is 2.36. The topological polar surface area (TPSA) is 35.0 Å². The largest absolute Gasteiger partial charge is 0.456 e. The summed E-state index contributed by atoms with van der Waals surface area (Å²) in [6, 6.07) is 11.5. The highest BCUT2D eigenvalue weighted by molar-refractivity contribution is 9.11. The number of hydrogen-bond donors (Lipinski definition) is 0. The molecule has 0 atom stereocenters. The first-order valence-corrected chi connectivity index (χ1v) is 7.44. The summed E-state index contributed by atoms with van der Waals surface area (Å²) in [4.78, 5) is 0. The maximum atomic E-state index is 5.83. The van der Waals surface area contributed by atoms with Crippen LogP contribution in [0.15, 0.2) is 45.3 Å². The van der Waals surface area contributed by atoms with Gasteiger partial charge >= 0.3 is 0 Å². The van der Waals surface area contributed by atoms with E-state index in [2.05, 4.69) is 41.4 Å². The molecule has 2 aromatic carbocycles. The minimum Gasteiger partial charge on any atom is -0.456 e. The maximum absolute atomic E-state index is 5.83. The van der Waals surface area contributed by atoms with E-state index in [1.807, 2.05) is 36.4 Å². The van der Waals surface area contributed by atoms with E-state index in [0.717, 1.165) is 24.9 Å². The van der Waals surface area contributed by atoms with Crippen molar-refractivity contribution in [3.8, 4) is 11.5 Å². The second kappa shape index (κ2) is 4.95. The van der Waals surface area contributed by atoms with Crippen molar-refractivity contribution in [2.45, 2.75) is 0 Å². The van der Waals surface area contributed by atoms with Gasteiger partial charge in [-0.3, -0.25) is 0 Å². The van der Waals surface area contributed by atoms with Crippen LogP contribution in [0.3, 0.4) is 0 Å². The van der Waals surface area contributed by atoms with Crippen LogP contribution >= 0.6 is 43.4 Å². The minimum absolute atomic E-state index is 0.716. The zero-order valence-electron chi connectivity index (χ0n) is 8.93. The van der Waals surface area contributed by atoms with Crippen molar-refractivity contribution in [3.05, 3.63) is 45.3 Å². The summed E-state index contributed by atoms with van der Waals surface area (Å²) >= 11 is 8.36. The number of ether oxygens (including phenoxy) is 1. The Balaban J connectivity index is 2.09. The molecule has 6 heteroatoms. The highest BCUT2D eigenvalue weighted by Crippen LogP contribution is 2.40. The molecule has 0 N–H and O–H groups in total. The lowest BCUT2D eigenvalue weighted by atomic mass is 10.3. The van der Waals surface area contributed by atoms with Crippen LogP contribution in [-0.2, 0) is 0 Å². The van der Waals surface area contributed by atoms with Crippen molar-refractivity contribution >= 4 is 53.6 Å². The zero-order valence-corrected chi connectivity index (χ0v) is 12.9. The van der Waals surface area contributed by atoms with Crippen LogP contribution in [0.4, 0.5) is 0 Å². The maximum Gasteiger partial charge on any atom is 0.145 e. The molecule has 0 aliphatic rings. The molecule has 3 aromatic rings. The van der Waals surface area contributed by atoms with Crippen LogP contribution in [0, 0.1) is 0 Å². The molecule has 0 saturated carbocycles. The normalized spacial score (nSPS) is 10.8. The Labute approximate surface area is 124 Å². The molecule has 0 radical (unpaired) electrons. The van der Waals surface area contributed by atoms with Crippen LogP contribution in [-0.4, -0.2) is 9.59 Å². The molecule has 3 nitrogen and oxygen atoms in total. The van der Waals surface area contributed by atoms with E-state index in [9.17, 15) is 0 Å². The van der Waals surface area contributed by atoms with Gasteiger partial charge in [-0.05, 0) is 61.6 Å². The van der Waals surface area contributed by atoms with E-state index < -0.39 is 0 Å². The van der Waals surface area contributed by atoms with Gasteiger partial charge in [-0.25, -0.2) is 0 Å². The van der Waals surface area contributed by atoms with E-state index in [4.69, 9.17) is 4.74 Å². The fourth-order valence-electron chi connectivity index (χ4n) is 1.54. The standard InChI is InChI=1S/C12H6Br2N2OS/c13-8-6-9(17-7-4-2-1-3-5-7)10(14)11-12(8)18-16-15-11/h1-6H. The highest BCUT2D eigenvalue weighted by Gasteiger charge is 2.14. The van der Waals surface area contributed by atoms with Gasteiger partial charge in [0.25, 0.3) is 0 Å². The summed E-state index contributed by atoms with van der Waals surface area (Å²) < 4.78 is 12.5. The number of aromatic nitrogens is 2. The van der Waals surface area contributed by atoms with Crippen LogP contribution in [0.1, 0.15) is 0 Å². The van der Waals surface area contributed by atoms with E-state index in [1.54, 1.807) is 0 Å². The van der Waals surface area contributed by atoms with Gasteiger partial charge in [-0.15, -0.1) is 5.10 Å². The lowest BCUT2D eigenvalue weighted by Crippen LogP contribution is -1.86. The van der Waals surface area contributed by atoms with E-state index >= 15 is 0 Å². The molecule has 0 aliphatic carbocycles. The van der Waals surface area contributed by atoms with E-state index in [1.165, 1.54) is 11.5 Å². The molecule has 90 valence electrons. The van der Waals surface area contributed by atoms with Crippen molar-refractivity contribution < 1.29 is 4.74 Å². The SMILES string of the molecule is Brc1c(Oc2ccccc2)cc(Br)c2snnc12. The number of nitrogens with zero attached hydrogens (tertiary/aromatic N) is 2. The number of fused-ring (bicyclic) bond motifs is 1. The Kier molecular flexibility index (Phi) is 3.32. The van der Waals surface area contributed by atoms with Crippen LogP contribution in [0.25, 0.3) is 10.2 Å². The molecular formula is C12H6Br2N2OS. The molecule has 1 heterocycles. The lowest BCUT2D eigenvalue weighted by Gasteiger charge is -2.08. The van der Waals surface area contributed by atoms with Crippen molar-refractivity contribution in [1.29, 1.82) is 0 Å². The average molecular weight is 386 g/mol. The van der Waals surface area contributed by atoms with Crippen molar-refractivity contribution in [2.24, 2.45) is 0 Å². The summed E-state index contributed by atoms with van der Waals surface area (Å²) in [5.74, 6) is 1.50. The monoisotopic (exact) mass is 384 g/mol. The third-order valence-corrected chi connectivity index (χ3v) is 4.77. The fourth-order valence-corrected chi connectivity index (χ4v) is 3.34. The first kappa shape index (κ1) is 12.1. The van der Waals surface area contributed by atoms with E-state index in [-0.39, 0.29) is 0 Å². The quantitative estimate of drug-likeness (QED) is 0.621. The highest BCUT2D eigenvalue weighted by atomic mass is 79.9. The van der Waals surface area contributed by atoms with Gasteiger partial charge < -0.3 is 4.74 Å². The zero-order chi connectivity index (χ0) is 12.5. The first-order chi connectivity index (χ1) is 8.75. The number of rotatable bonds is 2. The summed E-state index contributed by atoms with van der Waals surface area (Å²) in [5, 5.41) is 4.09. The van der Waals surface area contributed by atoms with E-state index in [0.29, 0.717) is 5.75 Å². The van der Waals surface area contributed by atoms with Gasteiger partial charge in [-0.2, -0.15) is 0 Å². The van der Waals surface area contributed by atoms with Crippen LogP contribution in [0.2, 0.25) is 0 Å². The predicted molar refractivity (Wildman–Crippen MR) is 79.3 cm³/mol. The Morgan fingerprint density at radius 1 is 1.11 bits per heavy atom. The van der Waals surface area contributed by atoms with Gasteiger partial charge in [0, 0.05) is 4.47 Å². The summed E-state index contributed by atoms with van der Waals surface area (Å²) in [6.45, 7) is 0. The predicted octanol–water partition coefficient (Wildman–Crippen LogP) is 5.01. The smallest absolute Gasteiger partial charge is 0.145 e. The van der Waals surface area contributed by atoms with Gasteiger partial charge in [0.05, 0.1) is 9.17 Å². The molecule has 1 aromatic heterocycles. The van der Waals surface area contributed by atoms with Crippen LogP contribution < -0.4 is 4.74 Å². The Bertz CT molecular complexity index is 700. The summed E-state index contributed by atoms with van der Waals surface area (Å²) in [5.41, 5.74) is 0.806. The van der Waals surface area contributed by atoms with Crippen LogP contribution in [0.5, 0.6) is 11.5 Å². The summed E-state index contributed by atoms with van der Waals surface area (Å²) in [7, 11) is 0. The Morgan fingerprint density at radius 2 is 1.89 bits per heavy atom. The Hall–Kier alpha value is -0.980.